The van der Waals surface area contributed by atoms with Crippen LogP contribution in [-0.2, 0) is 9.84 Å². The van der Waals surface area contributed by atoms with Gasteiger partial charge in [-0.2, -0.15) is 0 Å². The number of non-ortho nitro benzene ring substituents is 1. The molecule has 10 heteroatoms. The number of nitro groups is 2. The van der Waals surface area contributed by atoms with E-state index in [2.05, 4.69) is 5.32 Å². The van der Waals surface area contributed by atoms with Crippen molar-refractivity contribution in [2.24, 2.45) is 0 Å². The number of anilines is 1. The summed E-state index contributed by atoms with van der Waals surface area (Å²) in [6.45, 7) is 0. The van der Waals surface area contributed by atoms with Gasteiger partial charge in [-0.25, -0.2) is 8.42 Å². The standard InChI is InChI=1S/C14H11N3O6S/c18-16(19)9-5-6-11(13(7-9)17(20)21)15-12-8-24(22,23)14-4-2-1-3-10(12)14/h1-7,12,15H,8H2/t12-/m0/s1. The van der Waals surface area contributed by atoms with E-state index in [1.165, 1.54) is 12.1 Å². The van der Waals surface area contributed by atoms with Crippen molar-refractivity contribution in [3.05, 3.63) is 68.3 Å². The van der Waals surface area contributed by atoms with Crippen LogP contribution in [0.1, 0.15) is 11.6 Å². The number of nitrogens with one attached hydrogen (secondary N) is 1. The van der Waals surface area contributed by atoms with Crippen molar-refractivity contribution >= 4 is 26.9 Å². The summed E-state index contributed by atoms with van der Waals surface area (Å²) in [5, 5.41) is 24.8. The lowest BCUT2D eigenvalue weighted by Gasteiger charge is -2.14. The van der Waals surface area contributed by atoms with E-state index in [4.69, 9.17) is 0 Å². The lowest BCUT2D eigenvalue weighted by Crippen LogP contribution is -2.14. The Morgan fingerprint density at radius 2 is 1.75 bits per heavy atom. The molecule has 0 aliphatic carbocycles. The minimum absolute atomic E-state index is 0.0301. The third kappa shape index (κ3) is 2.67. The number of nitrogens with zero attached hydrogens (tertiary/aromatic N) is 2. The van der Waals surface area contributed by atoms with Gasteiger partial charge in [-0.1, -0.05) is 18.2 Å². The quantitative estimate of drug-likeness (QED) is 0.662. The minimum atomic E-state index is -3.47. The Morgan fingerprint density at radius 1 is 1.04 bits per heavy atom. The molecule has 124 valence electrons. The van der Waals surface area contributed by atoms with Crippen molar-refractivity contribution in [2.75, 3.05) is 11.1 Å². The molecule has 0 aromatic heterocycles. The molecular formula is C14H11N3O6S. The third-order valence-electron chi connectivity index (χ3n) is 3.73. The molecule has 1 aliphatic rings. The van der Waals surface area contributed by atoms with Crippen LogP contribution in [0.4, 0.5) is 17.1 Å². The van der Waals surface area contributed by atoms with Crippen LogP contribution in [-0.4, -0.2) is 24.0 Å². The average molecular weight is 349 g/mol. The second-order valence-electron chi connectivity index (χ2n) is 5.23. The number of fused-ring (bicyclic) bond motifs is 1. The molecule has 0 fully saturated rings. The van der Waals surface area contributed by atoms with E-state index in [0.29, 0.717) is 5.56 Å². The molecule has 0 bridgehead atoms. The zero-order valence-electron chi connectivity index (χ0n) is 12.1. The van der Waals surface area contributed by atoms with Crippen LogP contribution in [0.5, 0.6) is 0 Å². The van der Waals surface area contributed by atoms with E-state index in [0.717, 1.165) is 12.1 Å². The van der Waals surface area contributed by atoms with Crippen molar-refractivity contribution in [2.45, 2.75) is 10.9 Å². The normalized spacial score (nSPS) is 17.9. The van der Waals surface area contributed by atoms with Crippen LogP contribution in [0.25, 0.3) is 0 Å². The van der Waals surface area contributed by atoms with Crippen LogP contribution < -0.4 is 5.32 Å². The number of nitro benzene ring substituents is 2. The number of sulfone groups is 1. The zero-order chi connectivity index (χ0) is 17.5. The van der Waals surface area contributed by atoms with Crippen molar-refractivity contribution in [1.29, 1.82) is 0 Å². The van der Waals surface area contributed by atoms with Gasteiger partial charge >= 0.3 is 0 Å². The molecule has 2 aromatic carbocycles. The maximum Gasteiger partial charge on any atom is 0.299 e. The highest BCUT2D eigenvalue weighted by atomic mass is 32.2. The maximum absolute atomic E-state index is 12.2. The Morgan fingerprint density at radius 3 is 2.42 bits per heavy atom. The predicted octanol–water partition coefficient (Wildman–Crippen LogP) is 2.44. The molecule has 2 aromatic rings. The lowest BCUT2D eigenvalue weighted by molar-refractivity contribution is -0.393. The topological polar surface area (TPSA) is 132 Å². The molecular weight excluding hydrogens is 338 g/mol. The van der Waals surface area contributed by atoms with Gasteiger partial charge < -0.3 is 5.32 Å². The summed E-state index contributed by atoms with van der Waals surface area (Å²) in [6, 6.07) is 8.93. The molecule has 0 spiro atoms. The molecule has 3 rings (SSSR count). The van der Waals surface area contributed by atoms with E-state index >= 15 is 0 Å². The summed E-state index contributed by atoms with van der Waals surface area (Å²) in [4.78, 5) is 20.6. The van der Waals surface area contributed by atoms with Crippen molar-refractivity contribution in [1.82, 2.24) is 0 Å². The van der Waals surface area contributed by atoms with Crippen LogP contribution in [0.15, 0.2) is 47.4 Å². The second kappa shape index (κ2) is 5.57. The highest BCUT2D eigenvalue weighted by molar-refractivity contribution is 7.91. The number of rotatable bonds is 4. The minimum Gasteiger partial charge on any atom is -0.372 e. The number of hydrogen-bond donors (Lipinski definition) is 1. The van der Waals surface area contributed by atoms with E-state index in [-0.39, 0.29) is 16.3 Å². The van der Waals surface area contributed by atoms with E-state index in [1.54, 1.807) is 18.2 Å². The smallest absolute Gasteiger partial charge is 0.299 e. The van der Waals surface area contributed by atoms with E-state index < -0.39 is 37.1 Å². The van der Waals surface area contributed by atoms with Crippen LogP contribution in [0.2, 0.25) is 0 Å². The fraction of sp³-hybridized carbons (Fsp3) is 0.143. The third-order valence-corrected chi connectivity index (χ3v) is 5.55. The Labute approximate surface area is 136 Å². The Hall–Kier alpha value is -3.01. The van der Waals surface area contributed by atoms with Crippen molar-refractivity contribution < 1.29 is 18.3 Å². The van der Waals surface area contributed by atoms with Gasteiger partial charge in [0.15, 0.2) is 9.84 Å². The first-order chi connectivity index (χ1) is 11.3. The zero-order valence-corrected chi connectivity index (χ0v) is 12.9. The fourth-order valence-electron chi connectivity index (χ4n) is 2.66. The van der Waals surface area contributed by atoms with Crippen LogP contribution in [0.3, 0.4) is 0 Å². The molecule has 0 saturated heterocycles. The highest BCUT2D eigenvalue weighted by Gasteiger charge is 2.35. The molecule has 9 nitrogen and oxygen atoms in total. The molecule has 0 radical (unpaired) electrons. The molecule has 0 saturated carbocycles. The fourth-order valence-corrected chi connectivity index (χ4v) is 4.40. The summed E-state index contributed by atoms with van der Waals surface area (Å²) >= 11 is 0. The second-order valence-corrected chi connectivity index (χ2v) is 7.23. The summed E-state index contributed by atoms with van der Waals surface area (Å²) in [5.74, 6) is -0.236. The Bertz CT molecular complexity index is 957. The van der Waals surface area contributed by atoms with Gasteiger partial charge in [0.25, 0.3) is 11.4 Å². The van der Waals surface area contributed by atoms with Gasteiger partial charge in [-0.15, -0.1) is 0 Å². The maximum atomic E-state index is 12.2. The van der Waals surface area contributed by atoms with Crippen LogP contribution >= 0.6 is 0 Å². The molecule has 1 atom stereocenters. The SMILES string of the molecule is O=[N+]([O-])c1ccc(N[C@H]2CS(=O)(=O)c3ccccc32)c([N+](=O)[O-])c1. The summed E-state index contributed by atoms with van der Waals surface area (Å²) in [6.07, 6.45) is 0. The first kappa shape index (κ1) is 15.9. The molecule has 1 N–H and O–H groups in total. The number of benzene rings is 2. The van der Waals surface area contributed by atoms with Gasteiger partial charge in [0.05, 0.1) is 32.6 Å². The first-order valence-electron chi connectivity index (χ1n) is 6.80. The molecule has 1 aliphatic heterocycles. The van der Waals surface area contributed by atoms with Crippen molar-refractivity contribution in [3.8, 4) is 0 Å². The van der Waals surface area contributed by atoms with Crippen LogP contribution in [0, 0.1) is 20.2 Å². The van der Waals surface area contributed by atoms with E-state index in [9.17, 15) is 28.6 Å². The molecule has 1 heterocycles. The van der Waals surface area contributed by atoms with Gasteiger partial charge in [0, 0.05) is 6.07 Å². The molecule has 0 amide bonds. The van der Waals surface area contributed by atoms with Gasteiger partial charge in [-0.3, -0.25) is 20.2 Å². The Balaban J connectivity index is 2.01. The van der Waals surface area contributed by atoms with Gasteiger partial charge in [-0.05, 0) is 17.7 Å². The predicted molar refractivity (Wildman–Crippen MR) is 84.6 cm³/mol. The van der Waals surface area contributed by atoms with E-state index in [1.807, 2.05) is 0 Å². The van der Waals surface area contributed by atoms with Gasteiger partial charge in [0.1, 0.15) is 5.69 Å². The summed E-state index contributed by atoms with van der Waals surface area (Å²) in [7, 11) is -3.47. The highest BCUT2D eigenvalue weighted by Crippen LogP contribution is 2.38. The first-order valence-corrected chi connectivity index (χ1v) is 8.46. The summed E-state index contributed by atoms with van der Waals surface area (Å²) < 4.78 is 24.3. The van der Waals surface area contributed by atoms with Gasteiger partial charge in [0.2, 0.25) is 0 Å². The van der Waals surface area contributed by atoms with Crippen molar-refractivity contribution in [3.63, 3.8) is 0 Å². The largest absolute Gasteiger partial charge is 0.372 e. The lowest BCUT2D eigenvalue weighted by atomic mass is 10.1. The molecule has 24 heavy (non-hydrogen) atoms. The molecule has 0 unspecified atom stereocenters. The Kier molecular flexibility index (Phi) is 3.68. The summed E-state index contributed by atoms with van der Waals surface area (Å²) in [5.41, 5.74) is -0.342. The monoisotopic (exact) mass is 349 g/mol. The number of hydrogen-bond acceptors (Lipinski definition) is 7. The average Bonchev–Trinajstić information content (AvgIpc) is 2.78.